The first-order chi connectivity index (χ1) is 9.88. The van der Waals surface area contributed by atoms with Crippen molar-refractivity contribution in [2.75, 3.05) is 26.0 Å². The largest absolute Gasteiger partial charge is 0.338 e. The summed E-state index contributed by atoms with van der Waals surface area (Å²) >= 11 is 0. The Labute approximate surface area is 125 Å². The van der Waals surface area contributed by atoms with Gasteiger partial charge < -0.3 is 20.9 Å². The van der Waals surface area contributed by atoms with E-state index in [0.717, 1.165) is 11.3 Å². The Morgan fingerprint density at radius 1 is 1.10 bits per heavy atom. The minimum Gasteiger partial charge on any atom is -0.338 e. The second-order valence-corrected chi connectivity index (χ2v) is 5.48. The predicted molar refractivity (Wildman–Crippen MR) is 84.2 cm³/mol. The number of rotatable bonds is 5. The van der Waals surface area contributed by atoms with Gasteiger partial charge in [0.1, 0.15) is 0 Å². The quantitative estimate of drug-likeness (QED) is 0.778. The van der Waals surface area contributed by atoms with Crippen molar-refractivity contribution >= 4 is 17.7 Å². The van der Waals surface area contributed by atoms with E-state index in [-0.39, 0.29) is 12.1 Å². The van der Waals surface area contributed by atoms with Gasteiger partial charge in [-0.1, -0.05) is 26.0 Å². The van der Waals surface area contributed by atoms with Crippen LogP contribution in [0.4, 0.5) is 15.3 Å². The third-order valence-electron chi connectivity index (χ3n) is 2.74. The average molecular weight is 292 g/mol. The number of carbonyl (C=O) groups is 2. The van der Waals surface area contributed by atoms with Crippen molar-refractivity contribution in [3.8, 4) is 0 Å². The van der Waals surface area contributed by atoms with Gasteiger partial charge in [0, 0.05) is 32.9 Å². The Balaban J connectivity index is 2.41. The molecular formula is C15H24N4O2. The fraction of sp³-hybridized carbons (Fsp3) is 0.467. The molecule has 0 aliphatic carbocycles. The van der Waals surface area contributed by atoms with Gasteiger partial charge in [-0.25, -0.2) is 9.59 Å². The van der Waals surface area contributed by atoms with Crippen molar-refractivity contribution in [2.45, 2.75) is 20.4 Å². The lowest BCUT2D eigenvalue weighted by Gasteiger charge is -2.12. The molecule has 0 radical (unpaired) electrons. The first-order valence-electron chi connectivity index (χ1n) is 6.97. The van der Waals surface area contributed by atoms with Crippen LogP contribution in [-0.2, 0) is 6.54 Å². The van der Waals surface area contributed by atoms with Gasteiger partial charge in [-0.3, -0.25) is 0 Å². The van der Waals surface area contributed by atoms with E-state index in [9.17, 15) is 9.59 Å². The maximum atomic E-state index is 11.5. The van der Waals surface area contributed by atoms with Crippen LogP contribution in [0.3, 0.4) is 0 Å². The molecule has 4 amide bonds. The maximum absolute atomic E-state index is 11.5. The highest BCUT2D eigenvalue weighted by molar-refractivity contribution is 5.88. The number of nitrogens with zero attached hydrogens (tertiary/aromatic N) is 1. The van der Waals surface area contributed by atoms with Gasteiger partial charge >= 0.3 is 12.1 Å². The molecule has 1 aromatic carbocycles. The highest BCUT2D eigenvalue weighted by Crippen LogP contribution is 2.09. The van der Waals surface area contributed by atoms with E-state index in [1.807, 2.05) is 38.1 Å². The molecule has 116 valence electrons. The molecule has 0 spiro atoms. The van der Waals surface area contributed by atoms with Crippen molar-refractivity contribution in [1.82, 2.24) is 15.5 Å². The molecule has 0 unspecified atom stereocenters. The minimum atomic E-state index is -0.173. The van der Waals surface area contributed by atoms with E-state index < -0.39 is 0 Å². The van der Waals surface area contributed by atoms with Crippen LogP contribution in [0.1, 0.15) is 19.4 Å². The van der Waals surface area contributed by atoms with Gasteiger partial charge in [0.15, 0.2) is 0 Å². The van der Waals surface area contributed by atoms with Gasteiger partial charge in [0.2, 0.25) is 0 Å². The van der Waals surface area contributed by atoms with Crippen LogP contribution < -0.4 is 16.0 Å². The molecule has 0 heterocycles. The number of anilines is 1. The summed E-state index contributed by atoms with van der Waals surface area (Å²) in [4.78, 5) is 24.5. The smallest absolute Gasteiger partial charge is 0.321 e. The van der Waals surface area contributed by atoms with Crippen LogP contribution >= 0.6 is 0 Å². The number of hydrogen-bond donors (Lipinski definition) is 3. The summed E-state index contributed by atoms with van der Waals surface area (Å²) in [7, 11) is 3.37. The summed E-state index contributed by atoms with van der Waals surface area (Å²) in [6, 6.07) is 7.01. The lowest BCUT2D eigenvalue weighted by Crippen LogP contribution is -2.37. The summed E-state index contributed by atoms with van der Waals surface area (Å²) in [5, 5.41) is 8.33. The molecule has 1 rings (SSSR count). The van der Waals surface area contributed by atoms with Gasteiger partial charge in [-0.05, 0) is 23.6 Å². The zero-order chi connectivity index (χ0) is 15.8. The van der Waals surface area contributed by atoms with E-state index in [0.29, 0.717) is 19.0 Å². The molecule has 0 aliphatic heterocycles. The lowest BCUT2D eigenvalue weighted by molar-refractivity contribution is 0.230. The molecular weight excluding hydrogens is 268 g/mol. The Bertz CT molecular complexity index is 469. The summed E-state index contributed by atoms with van der Waals surface area (Å²) < 4.78 is 0. The molecule has 21 heavy (non-hydrogen) atoms. The fourth-order valence-corrected chi connectivity index (χ4v) is 1.48. The number of hydrogen-bond acceptors (Lipinski definition) is 2. The van der Waals surface area contributed by atoms with E-state index in [1.165, 1.54) is 4.90 Å². The van der Waals surface area contributed by atoms with Gasteiger partial charge in [0.25, 0.3) is 0 Å². The third kappa shape index (κ3) is 6.65. The Hall–Kier alpha value is -2.24. The van der Waals surface area contributed by atoms with Crippen LogP contribution in [0.5, 0.6) is 0 Å². The van der Waals surface area contributed by atoms with E-state index in [4.69, 9.17) is 0 Å². The highest BCUT2D eigenvalue weighted by Gasteiger charge is 2.04. The average Bonchev–Trinajstić information content (AvgIpc) is 2.44. The topological polar surface area (TPSA) is 73.5 Å². The third-order valence-corrected chi connectivity index (χ3v) is 2.74. The zero-order valence-electron chi connectivity index (χ0n) is 13.1. The van der Waals surface area contributed by atoms with Crippen molar-refractivity contribution in [2.24, 2.45) is 5.92 Å². The molecule has 1 aromatic rings. The summed E-state index contributed by atoms with van der Waals surface area (Å²) in [6.45, 7) is 5.19. The van der Waals surface area contributed by atoms with Crippen molar-refractivity contribution < 1.29 is 9.59 Å². The minimum absolute atomic E-state index is 0.172. The van der Waals surface area contributed by atoms with E-state index in [2.05, 4.69) is 16.0 Å². The van der Waals surface area contributed by atoms with Gasteiger partial charge in [-0.2, -0.15) is 0 Å². The number of amides is 4. The second kappa shape index (κ2) is 8.14. The number of nitrogens with one attached hydrogen (secondary N) is 3. The Morgan fingerprint density at radius 3 is 2.24 bits per heavy atom. The molecule has 0 bridgehead atoms. The van der Waals surface area contributed by atoms with Crippen LogP contribution in [0.25, 0.3) is 0 Å². The van der Waals surface area contributed by atoms with Crippen LogP contribution in [0.2, 0.25) is 0 Å². The normalized spacial score (nSPS) is 10.1. The maximum Gasteiger partial charge on any atom is 0.321 e. The number of urea groups is 2. The molecule has 0 fully saturated rings. The Kier molecular flexibility index (Phi) is 6.52. The molecule has 0 aliphatic rings. The summed E-state index contributed by atoms with van der Waals surface area (Å²) in [5.41, 5.74) is 1.69. The standard InChI is InChI=1S/C15H24N4O2/c1-11(2)9-16-14(20)17-10-12-5-7-13(8-6-12)18-15(21)19(3)4/h5-8,11H,9-10H2,1-4H3,(H,18,21)(H2,16,17,20). The first-order valence-corrected chi connectivity index (χ1v) is 6.97. The van der Waals surface area contributed by atoms with E-state index in [1.54, 1.807) is 14.1 Å². The SMILES string of the molecule is CC(C)CNC(=O)NCc1ccc(NC(=O)N(C)C)cc1. The van der Waals surface area contributed by atoms with Gasteiger partial charge in [0.05, 0.1) is 0 Å². The van der Waals surface area contributed by atoms with Crippen molar-refractivity contribution in [3.05, 3.63) is 29.8 Å². The number of carbonyl (C=O) groups excluding carboxylic acids is 2. The summed E-state index contributed by atoms with van der Waals surface area (Å²) in [6.07, 6.45) is 0. The molecule has 3 N–H and O–H groups in total. The van der Waals surface area contributed by atoms with Crippen LogP contribution in [0, 0.1) is 5.92 Å². The van der Waals surface area contributed by atoms with E-state index >= 15 is 0 Å². The molecule has 6 nitrogen and oxygen atoms in total. The molecule has 0 saturated carbocycles. The molecule has 0 saturated heterocycles. The monoisotopic (exact) mass is 292 g/mol. The Morgan fingerprint density at radius 2 is 1.71 bits per heavy atom. The molecule has 6 heteroatoms. The first kappa shape index (κ1) is 16.8. The van der Waals surface area contributed by atoms with Crippen molar-refractivity contribution in [3.63, 3.8) is 0 Å². The van der Waals surface area contributed by atoms with Crippen LogP contribution in [-0.4, -0.2) is 37.6 Å². The van der Waals surface area contributed by atoms with Crippen LogP contribution in [0.15, 0.2) is 24.3 Å². The zero-order valence-corrected chi connectivity index (χ0v) is 13.1. The number of benzene rings is 1. The fourth-order valence-electron chi connectivity index (χ4n) is 1.48. The second-order valence-electron chi connectivity index (χ2n) is 5.48. The van der Waals surface area contributed by atoms with Gasteiger partial charge in [-0.15, -0.1) is 0 Å². The lowest BCUT2D eigenvalue weighted by atomic mass is 10.2. The molecule has 0 atom stereocenters. The molecule has 0 aromatic heterocycles. The predicted octanol–water partition coefficient (Wildman–Crippen LogP) is 2.24. The van der Waals surface area contributed by atoms with Crippen molar-refractivity contribution in [1.29, 1.82) is 0 Å². The highest BCUT2D eigenvalue weighted by atomic mass is 16.2. The summed E-state index contributed by atoms with van der Waals surface area (Å²) in [5.74, 6) is 0.426.